The second-order valence-electron chi connectivity index (χ2n) is 4.03. The molecule has 0 bridgehead atoms. The van der Waals surface area contributed by atoms with Crippen molar-refractivity contribution in [2.75, 3.05) is 0 Å². The van der Waals surface area contributed by atoms with Crippen molar-refractivity contribution in [3.63, 3.8) is 0 Å². The predicted molar refractivity (Wildman–Crippen MR) is 64.7 cm³/mol. The van der Waals surface area contributed by atoms with E-state index in [2.05, 4.69) is 0 Å². The monoisotopic (exact) mass is 214 g/mol. The Kier molecular flexibility index (Phi) is 2.57. The van der Waals surface area contributed by atoms with Crippen LogP contribution >= 0.6 is 0 Å². The van der Waals surface area contributed by atoms with Gasteiger partial charge in [-0.15, -0.1) is 0 Å². The van der Waals surface area contributed by atoms with Crippen LogP contribution in [0.15, 0.2) is 36.4 Å². The molecule has 0 unspecified atom stereocenters. The van der Waals surface area contributed by atoms with Crippen LogP contribution in [0.5, 0.6) is 11.5 Å². The van der Waals surface area contributed by atoms with Crippen LogP contribution in [0.4, 0.5) is 0 Å². The van der Waals surface area contributed by atoms with Crippen LogP contribution in [0, 0.1) is 13.8 Å². The molecule has 0 heterocycles. The molecule has 2 heteroatoms. The molecule has 2 nitrogen and oxygen atoms in total. The summed E-state index contributed by atoms with van der Waals surface area (Å²) in [5.74, 6) is 0.489. The summed E-state index contributed by atoms with van der Waals surface area (Å²) in [6.07, 6.45) is 0. The third-order valence-corrected chi connectivity index (χ3v) is 2.61. The van der Waals surface area contributed by atoms with Gasteiger partial charge < -0.3 is 10.2 Å². The molecule has 0 atom stereocenters. The van der Waals surface area contributed by atoms with Crippen LogP contribution < -0.4 is 0 Å². The average Bonchev–Trinajstić information content (AvgIpc) is 2.20. The Hall–Kier alpha value is -1.96. The van der Waals surface area contributed by atoms with Gasteiger partial charge in [-0.05, 0) is 42.7 Å². The molecule has 2 N–H and O–H groups in total. The van der Waals surface area contributed by atoms with Crippen LogP contribution in [0.25, 0.3) is 11.1 Å². The summed E-state index contributed by atoms with van der Waals surface area (Å²) < 4.78 is 0. The van der Waals surface area contributed by atoms with Gasteiger partial charge in [-0.2, -0.15) is 0 Å². The molecular weight excluding hydrogens is 200 g/mol. The molecule has 0 fully saturated rings. The molecule has 0 aromatic heterocycles. The van der Waals surface area contributed by atoms with E-state index in [1.54, 1.807) is 12.1 Å². The number of benzene rings is 2. The van der Waals surface area contributed by atoms with Crippen LogP contribution in [-0.4, -0.2) is 10.2 Å². The highest BCUT2D eigenvalue weighted by Gasteiger charge is 2.07. The molecule has 0 aliphatic heterocycles. The Labute approximate surface area is 94.8 Å². The summed E-state index contributed by atoms with van der Waals surface area (Å²) >= 11 is 0. The van der Waals surface area contributed by atoms with Gasteiger partial charge in [0.1, 0.15) is 11.5 Å². The van der Waals surface area contributed by atoms with E-state index in [0.717, 1.165) is 22.3 Å². The summed E-state index contributed by atoms with van der Waals surface area (Å²) in [4.78, 5) is 0. The minimum Gasteiger partial charge on any atom is -0.508 e. The zero-order valence-electron chi connectivity index (χ0n) is 9.36. The lowest BCUT2D eigenvalue weighted by molar-refractivity contribution is 0.472. The van der Waals surface area contributed by atoms with Gasteiger partial charge in [-0.25, -0.2) is 0 Å². The van der Waals surface area contributed by atoms with Gasteiger partial charge in [0.25, 0.3) is 0 Å². The fourth-order valence-electron chi connectivity index (χ4n) is 1.81. The summed E-state index contributed by atoms with van der Waals surface area (Å²) in [6, 6.07) is 10.9. The normalized spacial score (nSPS) is 10.4. The number of phenols is 2. The second-order valence-corrected chi connectivity index (χ2v) is 4.03. The molecule has 0 radical (unpaired) electrons. The molecule has 0 spiro atoms. The van der Waals surface area contributed by atoms with Gasteiger partial charge in [0, 0.05) is 5.56 Å². The zero-order valence-corrected chi connectivity index (χ0v) is 9.36. The first kappa shape index (κ1) is 10.6. The summed E-state index contributed by atoms with van der Waals surface area (Å²) in [6.45, 7) is 3.77. The van der Waals surface area contributed by atoms with Crippen molar-refractivity contribution in [1.82, 2.24) is 0 Å². The number of hydrogen-bond donors (Lipinski definition) is 2. The van der Waals surface area contributed by atoms with E-state index in [-0.39, 0.29) is 11.5 Å². The minimum atomic E-state index is 0.218. The lowest BCUT2D eigenvalue weighted by Crippen LogP contribution is -1.83. The molecule has 2 aromatic carbocycles. The largest absolute Gasteiger partial charge is 0.508 e. The molecule has 82 valence electrons. The Bertz CT molecular complexity index is 510. The summed E-state index contributed by atoms with van der Waals surface area (Å²) in [5, 5.41) is 19.5. The van der Waals surface area contributed by atoms with E-state index in [1.807, 2.05) is 38.1 Å². The maximum Gasteiger partial charge on any atom is 0.126 e. The number of aryl methyl sites for hydroxylation is 2. The van der Waals surface area contributed by atoms with E-state index in [4.69, 9.17) is 0 Å². The summed E-state index contributed by atoms with van der Waals surface area (Å²) in [7, 11) is 0. The number of para-hydroxylation sites is 1. The van der Waals surface area contributed by atoms with E-state index < -0.39 is 0 Å². The molecule has 0 saturated heterocycles. The first-order valence-corrected chi connectivity index (χ1v) is 5.17. The quantitative estimate of drug-likeness (QED) is 0.764. The van der Waals surface area contributed by atoms with Crippen LogP contribution in [-0.2, 0) is 0 Å². The third-order valence-electron chi connectivity index (χ3n) is 2.61. The Morgan fingerprint density at radius 1 is 0.938 bits per heavy atom. The Morgan fingerprint density at radius 2 is 1.69 bits per heavy atom. The van der Waals surface area contributed by atoms with Gasteiger partial charge in [0.15, 0.2) is 0 Å². The number of aromatic hydroxyl groups is 2. The van der Waals surface area contributed by atoms with Crippen molar-refractivity contribution in [1.29, 1.82) is 0 Å². The van der Waals surface area contributed by atoms with Crippen molar-refractivity contribution in [3.8, 4) is 22.6 Å². The van der Waals surface area contributed by atoms with Crippen molar-refractivity contribution < 1.29 is 10.2 Å². The molecule has 0 amide bonds. The highest BCUT2D eigenvalue weighted by atomic mass is 16.3. The van der Waals surface area contributed by atoms with E-state index in [1.165, 1.54) is 0 Å². The average molecular weight is 214 g/mol. The predicted octanol–water partition coefficient (Wildman–Crippen LogP) is 3.38. The van der Waals surface area contributed by atoms with Gasteiger partial charge in [0.05, 0.1) is 0 Å². The van der Waals surface area contributed by atoms with Gasteiger partial charge in [0.2, 0.25) is 0 Å². The van der Waals surface area contributed by atoms with Crippen LogP contribution in [0.3, 0.4) is 0 Å². The minimum absolute atomic E-state index is 0.218. The van der Waals surface area contributed by atoms with Gasteiger partial charge >= 0.3 is 0 Å². The first-order valence-electron chi connectivity index (χ1n) is 5.17. The van der Waals surface area contributed by atoms with Crippen LogP contribution in [0.2, 0.25) is 0 Å². The molecule has 16 heavy (non-hydrogen) atoms. The van der Waals surface area contributed by atoms with Gasteiger partial charge in [-0.3, -0.25) is 0 Å². The van der Waals surface area contributed by atoms with Crippen LogP contribution in [0.1, 0.15) is 11.1 Å². The highest BCUT2D eigenvalue weighted by molar-refractivity contribution is 5.73. The standard InChI is InChI=1S/C14H14O2/c1-9-6-11(8-12(15)7-9)13-5-3-4-10(2)14(13)16/h3-8,15-16H,1-2H3. The first-order chi connectivity index (χ1) is 7.58. The lowest BCUT2D eigenvalue weighted by Gasteiger charge is -2.08. The molecule has 0 saturated carbocycles. The molecule has 0 aliphatic carbocycles. The topological polar surface area (TPSA) is 40.5 Å². The van der Waals surface area contributed by atoms with E-state index >= 15 is 0 Å². The van der Waals surface area contributed by atoms with Gasteiger partial charge in [-0.1, -0.05) is 24.3 Å². The maximum atomic E-state index is 9.95. The number of phenolic OH excluding ortho intramolecular Hbond substituents is 2. The molecule has 2 rings (SSSR count). The van der Waals surface area contributed by atoms with Crippen molar-refractivity contribution in [2.45, 2.75) is 13.8 Å². The summed E-state index contributed by atoms with van der Waals surface area (Å²) in [5.41, 5.74) is 3.38. The fourth-order valence-corrected chi connectivity index (χ4v) is 1.81. The number of hydrogen-bond acceptors (Lipinski definition) is 2. The Morgan fingerprint density at radius 3 is 2.38 bits per heavy atom. The van der Waals surface area contributed by atoms with Crippen molar-refractivity contribution in [2.24, 2.45) is 0 Å². The molecule has 0 aliphatic rings. The maximum absolute atomic E-state index is 9.95. The molecular formula is C14H14O2. The zero-order chi connectivity index (χ0) is 11.7. The van der Waals surface area contributed by atoms with Crippen molar-refractivity contribution >= 4 is 0 Å². The lowest BCUT2D eigenvalue weighted by atomic mass is 10.00. The fraction of sp³-hybridized carbons (Fsp3) is 0.143. The van der Waals surface area contributed by atoms with E-state index in [0.29, 0.717) is 0 Å². The highest BCUT2D eigenvalue weighted by Crippen LogP contribution is 2.33. The third kappa shape index (κ3) is 1.87. The van der Waals surface area contributed by atoms with Crippen molar-refractivity contribution in [3.05, 3.63) is 47.5 Å². The molecule has 2 aromatic rings. The van der Waals surface area contributed by atoms with E-state index in [9.17, 15) is 10.2 Å². The second kappa shape index (κ2) is 3.89. The Balaban J connectivity index is 2.63. The number of rotatable bonds is 1. The smallest absolute Gasteiger partial charge is 0.126 e. The SMILES string of the molecule is Cc1cc(O)cc(-c2cccc(C)c2O)c1.